The molecule has 0 fully saturated rings. The van der Waals surface area contributed by atoms with Crippen molar-refractivity contribution in [3.8, 4) is 0 Å². The Morgan fingerprint density at radius 3 is 2.67 bits per heavy atom. The summed E-state index contributed by atoms with van der Waals surface area (Å²) in [7, 11) is 2.10. The topological polar surface area (TPSA) is 42.2 Å². The lowest BCUT2D eigenvalue weighted by Gasteiger charge is -2.16. The van der Waals surface area contributed by atoms with Crippen LogP contribution in [0.15, 0.2) is 42.6 Å². The number of nitrogens with two attached hydrogens (primary N) is 1. The maximum Gasteiger partial charge on any atom is 0.0543 e. The first-order chi connectivity index (χ1) is 8.65. The number of benzene rings is 1. The molecule has 1 heterocycles. The molecule has 0 aliphatic rings. The fourth-order valence-electron chi connectivity index (χ4n) is 1.97. The summed E-state index contributed by atoms with van der Waals surface area (Å²) >= 11 is 0. The van der Waals surface area contributed by atoms with Crippen LogP contribution in [-0.4, -0.2) is 16.9 Å². The zero-order valence-corrected chi connectivity index (χ0v) is 10.9. The van der Waals surface area contributed by atoms with Crippen LogP contribution in [0.25, 0.3) is 0 Å². The highest BCUT2D eigenvalue weighted by atomic mass is 15.1. The van der Waals surface area contributed by atoms with Gasteiger partial charge in [-0.05, 0) is 43.3 Å². The lowest BCUT2D eigenvalue weighted by Crippen LogP contribution is -2.18. The molecule has 0 saturated carbocycles. The molecular formula is C15H19N3. The minimum atomic E-state index is 0.851. The number of aromatic nitrogens is 1. The van der Waals surface area contributed by atoms with Crippen LogP contribution < -0.4 is 5.73 Å². The van der Waals surface area contributed by atoms with Gasteiger partial charge in [-0.1, -0.05) is 18.2 Å². The molecule has 0 aliphatic carbocycles. The summed E-state index contributed by atoms with van der Waals surface area (Å²) in [6, 6.07) is 12.2. The maximum absolute atomic E-state index is 5.82. The molecule has 0 bridgehead atoms. The summed E-state index contributed by atoms with van der Waals surface area (Å²) in [5.74, 6) is 0. The van der Waals surface area contributed by atoms with Crippen molar-refractivity contribution in [3.05, 3.63) is 59.4 Å². The van der Waals surface area contributed by atoms with Gasteiger partial charge in [0.05, 0.1) is 5.69 Å². The molecule has 18 heavy (non-hydrogen) atoms. The van der Waals surface area contributed by atoms with E-state index in [2.05, 4.69) is 29.1 Å². The first kappa shape index (κ1) is 12.6. The second kappa shape index (κ2) is 5.65. The van der Waals surface area contributed by atoms with Crippen LogP contribution in [-0.2, 0) is 13.1 Å². The molecule has 0 spiro atoms. The normalized spacial score (nSPS) is 10.8. The zero-order chi connectivity index (χ0) is 13.0. The minimum absolute atomic E-state index is 0.851. The van der Waals surface area contributed by atoms with Crippen molar-refractivity contribution < 1.29 is 0 Å². The highest BCUT2D eigenvalue weighted by Crippen LogP contribution is 2.14. The van der Waals surface area contributed by atoms with Crippen molar-refractivity contribution in [2.75, 3.05) is 12.8 Å². The second-order valence-corrected chi connectivity index (χ2v) is 4.68. The van der Waals surface area contributed by atoms with E-state index >= 15 is 0 Å². The van der Waals surface area contributed by atoms with E-state index in [4.69, 9.17) is 5.73 Å². The largest absolute Gasteiger partial charge is 0.399 e. The zero-order valence-electron chi connectivity index (χ0n) is 10.9. The predicted molar refractivity (Wildman–Crippen MR) is 75.0 cm³/mol. The van der Waals surface area contributed by atoms with Crippen molar-refractivity contribution in [1.29, 1.82) is 0 Å². The number of anilines is 1. The quantitative estimate of drug-likeness (QED) is 0.837. The molecule has 0 amide bonds. The average molecular weight is 241 g/mol. The summed E-state index contributed by atoms with van der Waals surface area (Å²) in [6.07, 6.45) is 1.83. The van der Waals surface area contributed by atoms with Gasteiger partial charge in [0.2, 0.25) is 0 Å². The Kier molecular flexibility index (Phi) is 3.95. The number of hydrogen-bond donors (Lipinski definition) is 1. The molecule has 2 aromatic rings. The van der Waals surface area contributed by atoms with E-state index in [0.717, 1.165) is 30.0 Å². The summed E-state index contributed by atoms with van der Waals surface area (Å²) in [5, 5.41) is 0. The fourth-order valence-corrected chi connectivity index (χ4v) is 1.97. The van der Waals surface area contributed by atoms with E-state index in [1.54, 1.807) is 0 Å². The molecule has 0 aliphatic heterocycles. The van der Waals surface area contributed by atoms with E-state index in [1.807, 2.05) is 37.4 Å². The lowest BCUT2D eigenvalue weighted by atomic mass is 10.1. The van der Waals surface area contributed by atoms with Crippen molar-refractivity contribution in [3.63, 3.8) is 0 Å². The number of nitrogen functional groups attached to an aromatic ring is 1. The van der Waals surface area contributed by atoms with Crippen LogP contribution in [0.5, 0.6) is 0 Å². The Balaban J connectivity index is 1.99. The first-order valence-electron chi connectivity index (χ1n) is 6.08. The third-order valence-electron chi connectivity index (χ3n) is 2.94. The van der Waals surface area contributed by atoms with Gasteiger partial charge in [0, 0.05) is 25.0 Å². The highest BCUT2D eigenvalue weighted by molar-refractivity contribution is 5.47. The molecule has 3 heteroatoms. The van der Waals surface area contributed by atoms with Gasteiger partial charge in [-0.3, -0.25) is 9.88 Å². The van der Waals surface area contributed by atoms with Crippen LogP contribution in [0, 0.1) is 6.92 Å². The van der Waals surface area contributed by atoms with Crippen LogP contribution in [0.3, 0.4) is 0 Å². The molecule has 2 rings (SSSR count). The molecule has 0 atom stereocenters. The standard InChI is InChI=1S/C15H19N3/c1-12-9-13(6-7-15(12)16)10-18(2)11-14-5-3-4-8-17-14/h3-9H,10-11,16H2,1-2H3. The van der Waals surface area contributed by atoms with Crippen molar-refractivity contribution in [2.24, 2.45) is 0 Å². The Morgan fingerprint density at radius 1 is 1.17 bits per heavy atom. The number of pyridine rings is 1. The summed E-state index contributed by atoms with van der Waals surface area (Å²) in [4.78, 5) is 6.57. The highest BCUT2D eigenvalue weighted by Gasteiger charge is 2.03. The molecule has 2 N–H and O–H groups in total. The molecular weight excluding hydrogens is 222 g/mol. The van der Waals surface area contributed by atoms with Gasteiger partial charge in [0.25, 0.3) is 0 Å². The summed E-state index contributed by atoms with van der Waals surface area (Å²) in [6.45, 7) is 3.79. The Morgan fingerprint density at radius 2 is 2.00 bits per heavy atom. The van der Waals surface area contributed by atoms with Gasteiger partial charge in [-0.15, -0.1) is 0 Å². The third-order valence-corrected chi connectivity index (χ3v) is 2.94. The molecule has 94 valence electrons. The molecule has 0 radical (unpaired) electrons. The van der Waals surface area contributed by atoms with E-state index in [-0.39, 0.29) is 0 Å². The second-order valence-electron chi connectivity index (χ2n) is 4.68. The molecule has 1 aromatic heterocycles. The van der Waals surface area contributed by atoms with Gasteiger partial charge in [0.1, 0.15) is 0 Å². The monoisotopic (exact) mass is 241 g/mol. The maximum atomic E-state index is 5.82. The van der Waals surface area contributed by atoms with Gasteiger partial charge >= 0.3 is 0 Å². The number of rotatable bonds is 4. The Hall–Kier alpha value is -1.87. The lowest BCUT2D eigenvalue weighted by molar-refractivity contribution is 0.315. The Labute approximate surface area is 108 Å². The summed E-state index contributed by atoms with van der Waals surface area (Å²) in [5.41, 5.74) is 10.2. The Bertz CT molecular complexity index is 508. The number of hydrogen-bond acceptors (Lipinski definition) is 3. The molecule has 1 aromatic carbocycles. The van der Waals surface area contributed by atoms with Gasteiger partial charge in [-0.25, -0.2) is 0 Å². The van der Waals surface area contributed by atoms with E-state index in [1.165, 1.54) is 5.56 Å². The van der Waals surface area contributed by atoms with Crippen LogP contribution in [0.1, 0.15) is 16.8 Å². The van der Waals surface area contributed by atoms with E-state index in [0.29, 0.717) is 0 Å². The smallest absolute Gasteiger partial charge is 0.0543 e. The van der Waals surface area contributed by atoms with Gasteiger partial charge in [-0.2, -0.15) is 0 Å². The SMILES string of the molecule is Cc1cc(CN(C)Cc2ccccn2)ccc1N. The van der Waals surface area contributed by atoms with Crippen molar-refractivity contribution in [1.82, 2.24) is 9.88 Å². The summed E-state index contributed by atoms with van der Waals surface area (Å²) < 4.78 is 0. The predicted octanol–water partition coefficient (Wildman–Crippen LogP) is 2.60. The van der Waals surface area contributed by atoms with Gasteiger partial charge in [0.15, 0.2) is 0 Å². The number of nitrogens with zero attached hydrogens (tertiary/aromatic N) is 2. The molecule has 0 saturated heterocycles. The third kappa shape index (κ3) is 3.31. The molecule has 3 nitrogen and oxygen atoms in total. The average Bonchev–Trinajstić information content (AvgIpc) is 2.35. The van der Waals surface area contributed by atoms with E-state index in [9.17, 15) is 0 Å². The van der Waals surface area contributed by atoms with Crippen molar-refractivity contribution in [2.45, 2.75) is 20.0 Å². The van der Waals surface area contributed by atoms with Gasteiger partial charge < -0.3 is 5.73 Å². The van der Waals surface area contributed by atoms with Crippen LogP contribution >= 0.6 is 0 Å². The number of aryl methyl sites for hydroxylation is 1. The first-order valence-corrected chi connectivity index (χ1v) is 6.08. The van der Waals surface area contributed by atoms with Crippen LogP contribution in [0.4, 0.5) is 5.69 Å². The fraction of sp³-hybridized carbons (Fsp3) is 0.267. The van der Waals surface area contributed by atoms with Crippen LogP contribution in [0.2, 0.25) is 0 Å². The van der Waals surface area contributed by atoms with E-state index < -0.39 is 0 Å². The molecule has 0 unspecified atom stereocenters. The minimum Gasteiger partial charge on any atom is -0.399 e. The van der Waals surface area contributed by atoms with Crippen molar-refractivity contribution >= 4 is 5.69 Å².